The van der Waals surface area contributed by atoms with Crippen LogP contribution in [0.5, 0.6) is 11.5 Å². The number of nitrogens with one attached hydrogen (secondary N) is 2. The molecule has 9 nitrogen and oxygen atoms in total. The van der Waals surface area contributed by atoms with Gasteiger partial charge in [-0.05, 0) is 50.9 Å². The molecule has 4 rings (SSSR count). The van der Waals surface area contributed by atoms with Gasteiger partial charge in [-0.15, -0.1) is 0 Å². The highest BCUT2D eigenvalue weighted by atomic mass is 16.5. The fourth-order valence-corrected chi connectivity index (χ4v) is 4.25. The van der Waals surface area contributed by atoms with E-state index >= 15 is 0 Å². The van der Waals surface area contributed by atoms with Gasteiger partial charge in [0.15, 0.2) is 17.2 Å². The van der Waals surface area contributed by atoms with Crippen LogP contribution in [0, 0.1) is 0 Å². The summed E-state index contributed by atoms with van der Waals surface area (Å²) >= 11 is 0. The molecule has 0 spiro atoms. The quantitative estimate of drug-likeness (QED) is 0.539. The van der Waals surface area contributed by atoms with E-state index in [2.05, 4.69) is 27.3 Å². The molecule has 1 aromatic heterocycles. The van der Waals surface area contributed by atoms with Crippen LogP contribution in [0.4, 0.5) is 5.69 Å². The Labute approximate surface area is 190 Å². The number of ether oxygens (including phenoxy) is 2. The molecule has 4 N–H and O–H groups in total. The Morgan fingerprint density at radius 2 is 1.97 bits per heavy atom. The van der Waals surface area contributed by atoms with Gasteiger partial charge >= 0.3 is 0 Å². The predicted molar refractivity (Wildman–Crippen MR) is 126 cm³/mol. The second-order valence-corrected chi connectivity index (χ2v) is 8.67. The Bertz CT molecular complexity index is 965. The smallest absolute Gasteiger partial charge is 0.200 e. The van der Waals surface area contributed by atoms with Crippen molar-refractivity contribution in [3.63, 3.8) is 0 Å². The lowest BCUT2D eigenvalue weighted by atomic mass is 9.92. The van der Waals surface area contributed by atoms with Crippen LogP contribution >= 0.6 is 0 Å². The fourth-order valence-electron chi connectivity index (χ4n) is 4.25. The van der Waals surface area contributed by atoms with Gasteiger partial charge in [-0.1, -0.05) is 6.92 Å². The van der Waals surface area contributed by atoms with Crippen molar-refractivity contribution in [2.24, 2.45) is 10.7 Å². The molecule has 0 amide bonds. The van der Waals surface area contributed by atoms with Crippen LogP contribution in [0.15, 0.2) is 23.2 Å². The van der Waals surface area contributed by atoms with Crippen molar-refractivity contribution in [2.75, 3.05) is 47.4 Å². The maximum atomic E-state index is 6.95. The van der Waals surface area contributed by atoms with Gasteiger partial charge in [-0.3, -0.25) is 10.8 Å². The van der Waals surface area contributed by atoms with Crippen LogP contribution in [-0.4, -0.2) is 73.4 Å². The molecular formula is C23H35N7O2. The van der Waals surface area contributed by atoms with Gasteiger partial charge in [0, 0.05) is 38.0 Å². The minimum absolute atomic E-state index is 0.626. The maximum absolute atomic E-state index is 6.95. The Morgan fingerprint density at radius 3 is 2.62 bits per heavy atom. The third kappa shape index (κ3) is 4.40. The zero-order valence-electron chi connectivity index (χ0n) is 19.6. The average Bonchev–Trinajstić information content (AvgIpc) is 3.48. The standard InChI is InChI=1S/C23H35N7O2/c1-5-16-13-21(28-27-16)23(24)17-14-19(31-4)20(15-18(17)25-22(26-23)29(2)3)32-12-8-11-30-9-6-7-10-30/h13-15H,5-12,24H2,1-4H3,(H,25,26)(H,27,28). The van der Waals surface area contributed by atoms with E-state index in [4.69, 9.17) is 20.2 Å². The number of H-pyrrole nitrogens is 1. The summed E-state index contributed by atoms with van der Waals surface area (Å²) in [7, 11) is 5.50. The predicted octanol–water partition coefficient (Wildman–Crippen LogP) is 2.16. The second kappa shape index (κ2) is 9.38. The van der Waals surface area contributed by atoms with Gasteiger partial charge in [0.25, 0.3) is 0 Å². The van der Waals surface area contributed by atoms with Gasteiger partial charge in [0.2, 0.25) is 5.96 Å². The first kappa shape index (κ1) is 22.4. The van der Waals surface area contributed by atoms with Crippen LogP contribution < -0.4 is 20.5 Å². The maximum Gasteiger partial charge on any atom is 0.200 e. The molecule has 0 saturated carbocycles. The van der Waals surface area contributed by atoms with Crippen molar-refractivity contribution in [1.29, 1.82) is 0 Å². The summed E-state index contributed by atoms with van der Waals surface area (Å²) in [5, 5.41) is 10.9. The summed E-state index contributed by atoms with van der Waals surface area (Å²) in [4.78, 5) is 9.18. The van der Waals surface area contributed by atoms with Crippen molar-refractivity contribution < 1.29 is 9.47 Å². The zero-order chi connectivity index (χ0) is 22.7. The number of rotatable bonds is 8. The normalized spacial score (nSPS) is 20.5. The van der Waals surface area contributed by atoms with Crippen LogP contribution in [-0.2, 0) is 12.1 Å². The molecule has 1 saturated heterocycles. The van der Waals surface area contributed by atoms with Crippen molar-refractivity contribution in [3.05, 3.63) is 35.2 Å². The number of aliphatic imine (C=N–C) groups is 1. The highest BCUT2D eigenvalue weighted by Gasteiger charge is 2.40. The number of nitrogens with zero attached hydrogens (tertiary/aromatic N) is 4. The van der Waals surface area contributed by atoms with Crippen molar-refractivity contribution in [2.45, 2.75) is 38.3 Å². The molecule has 0 bridgehead atoms. The topological polar surface area (TPSA) is 104 Å². The van der Waals surface area contributed by atoms with E-state index in [0.29, 0.717) is 29.8 Å². The van der Waals surface area contributed by atoms with Gasteiger partial charge in [-0.25, -0.2) is 4.99 Å². The monoisotopic (exact) mass is 441 g/mol. The fraction of sp³-hybridized carbons (Fsp3) is 0.565. The summed E-state index contributed by atoms with van der Waals surface area (Å²) in [5.41, 5.74) is 9.15. The van der Waals surface area contributed by atoms with Gasteiger partial charge in [0.05, 0.1) is 19.4 Å². The third-order valence-corrected chi connectivity index (χ3v) is 6.16. The van der Waals surface area contributed by atoms with Gasteiger partial charge in [-0.2, -0.15) is 5.10 Å². The first-order valence-corrected chi connectivity index (χ1v) is 11.4. The molecule has 2 aliphatic rings. The Kier molecular flexibility index (Phi) is 6.57. The molecule has 0 radical (unpaired) electrons. The summed E-state index contributed by atoms with van der Waals surface area (Å²) in [5.74, 6) is 1.97. The summed E-state index contributed by atoms with van der Waals surface area (Å²) < 4.78 is 11.8. The summed E-state index contributed by atoms with van der Waals surface area (Å²) in [6.45, 7) is 6.16. The molecule has 32 heavy (non-hydrogen) atoms. The third-order valence-electron chi connectivity index (χ3n) is 6.16. The number of fused-ring (bicyclic) bond motifs is 1. The highest BCUT2D eigenvalue weighted by molar-refractivity contribution is 5.87. The number of likely N-dealkylation sites (tertiary alicyclic amines) is 1. The Hall–Kier alpha value is -2.78. The van der Waals surface area contributed by atoms with Crippen molar-refractivity contribution >= 4 is 11.6 Å². The number of benzene rings is 1. The number of hydrogen-bond donors (Lipinski definition) is 3. The van der Waals surface area contributed by atoms with Crippen LogP contribution in [0.2, 0.25) is 0 Å². The molecule has 1 aromatic carbocycles. The summed E-state index contributed by atoms with van der Waals surface area (Å²) in [6.07, 6.45) is 4.42. The highest BCUT2D eigenvalue weighted by Crippen LogP contribution is 2.42. The minimum atomic E-state index is -1.05. The SMILES string of the molecule is CCc1cc(C2(N)NC(N(C)C)=Nc3cc(OCCCN4CCCC4)c(OC)cc32)n[nH]1. The first-order valence-electron chi connectivity index (χ1n) is 11.4. The molecule has 1 unspecified atom stereocenters. The molecule has 174 valence electrons. The molecule has 9 heteroatoms. The number of nitrogens with two attached hydrogens (primary N) is 1. The largest absolute Gasteiger partial charge is 0.493 e. The first-order chi connectivity index (χ1) is 15.4. The van der Waals surface area contributed by atoms with Crippen molar-refractivity contribution in [3.8, 4) is 11.5 Å². The van der Waals surface area contributed by atoms with E-state index in [1.165, 1.54) is 25.9 Å². The van der Waals surface area contributed by atoms with Crippen molar-refractivity contribution in [1.82, 2.24) is 25.3 Å². The van der Waals surface area contributed by atoms with E-state index < -0.39 is 5.66 Å². The zero-order valence-corrected chi connectivity index (χ0v) is 19.6. The number of hydrogen-bond acceptors (Lipinski definition) is 8. The molecule has 0 aliphatic carbocycles. The Balaban J connectivity index is 1.63. The molecule has 2 aromatic rings. The molecule has 2 aliphatic heterocycles. The lowest BCUT2D eigenvalue weighted by Crippen LogP contribution is -2.58. The van der Waals surface area contributed by atoms with Gasteiger partial charge < -0.3 is 24.6 Å². The number of methoxy groups -OCH3 is 1. The average molecular weight is 442 g/mol. The molecule has 3 heterocycles. The lowest BCUT2D eigenvalue weighted by Gasteiger charge is -2.37. The molecular weight excluding hydrogens is 406 g/mol. The number of guanidine groups is 1. The second-order valence-electron chi connectivity index (χ2n) is 8.67. The summed E-state index contributed by atoms with van der Waals surface area (Å²) in [6, 6.07) is 5.82. The number of aromatic amines is 1. The van der Waals surface area contributed by atoms with E-state index in [1.54, 1.807) is 7.11 Å². The van der Waals surface area contributed by atoms with E-state index in [-0.39, 0.29) is 0 Å². The lowest BCUT2D eigenvalue weighted by molar-refractivity contribution is 0.254. The van der Waals surface area contributed by atoms with Gasteiger partial charge in [0.1, 0.15) is 5.69 Å². The van der Waals surface area contributed by atoms with E-state index in [1.807, 2.05) is 37.2 Å². The van der Waals surface area contributed by atoms with Crippen LogP contribution in [0.1, 0.15) is 43.1 Å². The Morgan fingerprint density at radius 1 is 1.19 bits per heavy atom. The number of aromatic nitrogens is 2. The van der Waals surface area contributed by atoms with E-state index in [9.17, 15) is 0 Å². The van der Waals surface area contributed by atoms with E-state index in [0.717, 1.165) is 36.3 Å². The van der Waals surface area contributed by atoms with Crippen LogP contribution in [0.3, 0.4) is 0 Å². The van der Waals surface area contributed by atoms with Crippen LogP contribution in [0.25, 0.3) is 0 Å². The molecule has 1 atom stereocenters. The minimum Gasteiger partial charge on any atom is -0.493 e. The number of aryl methyl sites for hydroxylation is 1. The molecule has 1 fully saturated rings.